The van der Waals surface area contributed by atoms with Crippen LogP contribution in [-0.2, 0) is 9.53 Å². The number of esters is 1. The molecule has 88 valence electrons. The molecule has 1 aromatic heterocycles. The molecule has 0 aliphatic heterocycles. The molecule has 1 aromatic rings. The van der Waals surface area contributed by atoms with Crippen LogP contribution >= 0.6 is 11.3 Å². The Morgan fingerprint density at radius 3 is 2.75 bits per heavy atom. The number of anilines is 1. The number of hydrogen-bond donors (Lipinski definition) is 2. The van der Waals surface area contributed by atoms with E-state index < -0.39 is 5.97 Å². The third-order valence-electron chi connectivity index (χ3n) is 1.85. The zero-order chi connectivity index (χ0) is 12.1. The summed E-state index contributed by atoms with van der Waals surface area (Å²) in [6, 6.07) is 0. The van der Waals surface area contributed by atoms with Gasteiger partial charge in [-0.3, -0.25) is 4.79 Å². The minimum Gasteiger partial charge on any atom is -0.465 e. The van der Waals surface area contributed by atoms with Crippen molar-refractivity contribution >= 4 is 28.3 Å². The van der Waals surface area contributed by atoms with Crippen LogP contribution in [0.3, 0.4) is 0 Å². The number of carbonyl (C=O) groups excluding carboxylic acids is 2. The van der Waals surface area contributed by atoms with E-state index in [4.69, 9.17) is 0 Å². The summed E-state index contributed by atoms with van der Waals surface area (Å²) in [6.45, 7) is 1.85. The highest BCUT2D eigenvalue weighted by Crippen LogP contribution is 2.22. The second kappa shape index (κ2) is 5.45. The lowest BCUT2D eigenvalue weighted by molar-refractivity contribution is -0.118. The molecule has 1 amide bonds. The molecule has 1 heterocycles. The van der Waals surface area contributed by atoms with Crippen molar-refractivity contribution in [2.24, 2.45) is 0 Å². The van der Waals surface area contributed by atoms with Gasteiger partial charge in [-0.25, -0.2) is 9.78 Å². The van der Waals surface area contributed by atoms with Gasteiger partial charge in [0, 0.05) is 7.05 Å². The number of nitrogens with zero attached hydrogens (tertiary/aromatic N) is 1. The fraction of sp³-hybridized carbons (Fsp3) is 0.444. The minimum atomic E-state index is -0.414. The van der Waals surface area contributed by atoms with Crippen LogP contribution in [0.15, 0.2) is 0 Å². The van der Waals surface area contributed by atoms with Crippen LogP contribution in [0.2, 0.25) is 0 Å². The molecule has 0 saturated heterocycles. The topological polar surface area (TPSA) is 80.3 Å². The van der Waals surface area contributed by atoms with Crippen molar-refractivity contribution < 1.29 is 14.3 Å². The molecule has 0 aromatic carbocycles. The number of aryl methyl sites for hydroxylation is 1. The van der Waals surface area contributed by atoms with Crippen LogP contribution in [0, 0.1) is 6.92 Å². The Kier molecular flexibility index (Phi) is 4.24. The summed E-state index contributed by atoms with van der Waals surface area (Å²) in [7, 11) is 2.87. The first-order valence-electron chi connectivity index (χ1n) is 4.58. The van der Waals surface area contributed by atoms with Gasteiger partial charge in [-0.05, 0) is 6.92 Å². The fourth-order valence-corrected chi connectivity index (χ4v) is 1.88. The maximum Gasteiger partial charge on any atom is 0.350 e. The number of hydrogen-bond acceptors (Lipinski definition) is 6. The van der Waals surface area contributed by atoms with Crippen molar-refractivity contribution in [3.8, 4) is 0 Å². The van der Waals surface area contributed by atoms with Crippen molar-refractivity contribution in [3.63, 3.8) is 0 Å². The van der Waals surface area contributed by atoms with Gasteiger partial charge in [0.2, 0.25) is 5.91 Å². The summed E-state index contributed by atoms with van der Waals surface area (Å²) in [6.07, 6.45) is 0. The van der Waals surface area contributed by atoms with Crippen molar-refractivity contribution in [3.05, 3.63) is 10.6 Å². The Hall–Kier alpha value is -1.63. The molecule has 0 saturated carbocycles. The number of rotatable bonds is 4. The number of thiazole rings is 1. The molecule has 0 bridgehead atoms. The summed E-state index contributed by atoms with van der Waals surface area (Å²) in [5, 5.41) is 5.83. The lowest BCUT2D eigenvalue weighted by Crippen LogP contribution is -2.26. The van der Waals surface area contributed by atoms with E-state index in [2.05, 4.69) is 20.4 Å². The van der Waals surface area contributed by atoms with Crippen molar-refractivity contribution in [2.45, 2.75) is 6.92 Å². The third kappa shape index (κ3) is 2.93. The van der Waals surface area contributed by atoms with E-state index in [1.807, 2.05) is 0 Å². The van der Waals surface area contributed by atoms with Gasteiger partial charge in [0.05, 0.1) is 19.3 Å². The number of methoxy groups -OCH3 is 1. The highest BCUT2D eigenvalue weighted by molar-refractivity contribution is 7.17. The lowest BCUT2D eigenvalue weighted by atomic mass is 10.4. The molecular weight excluding hydrogens is 230 g/mol. The Morgan fingerprint density at radius 2 is 2.19 bits per heavy atom. The standard InChI is InChI=1S/C9H13N3O3S/c1-5-7(8(14)15-3)16-9(12-5)11-4-6(13)10-2/h4H2,1-3H3,(H,10,13)(H,11,12). The second-order valence-electron chi connectivity index (χ2n) is 2.95. The van der Waals surface area contributed by atoms with Crippen LogP contribution in [0.4, 0.5) is 5.13 Å². The highest BCUT2D eigenvalue weighted by Gasteiger charge is 2.15. The summed E-state index contributed by atoms with van der Waals surface area (Å²) in [5.41, 5.74) is 0.594. The van der Waals surface area contributed by atoms with E-state index in [1.54, 1.807) is 14.0 Å². The van der Waals surface area contributed by atoms with Crippen LogP contribution in [0.25, 0.3) is 0 Å². The van der Waals surface area contributed by atoms with E-state index >= 15 is 0 Å². The molecule has 2 N–H and O–H groups in total. The fourth-order valence-electron chi connectivity index (χ4n) is 0.998. The maximum absolute atomic E-state index is 11.3. The molecule has 0 aliphatic carbocycles. The molecule has 1 rings (SSSR count). The van der Waals surface area contributed by atoms with E-state index in [1.165, 1.54) is 18.4 Å². The normalized spacial score (nSPS) is 9.69. The average molecular weight is 243 g/mol. The molecule has 6 nitrogen and oxygen atoms in total. The Balaban J connectivity index is 2.69. The zero-order valence-corrected chi connectivity index (χ0v) is 10.1. The van der Waals surface area contributed by atoms with Gasteiger partial charge in [0.1, 0.15) is 4.88 Å². The predicted octanol–water partition coefficient (Wildman–Crippen LogP) is 0.396. The molecule has 0 unspecified atom stereocenters. The summed E-state index contributed by atoms with van der Waals surface area (Å²) in [4.78, 5) is 26.8. The third-order valence-corrected chi connectivity index (χ3v) is 2.94. The van der Waals surface area contributed by atoms with E-state index in [-0.39, 0.29) is 12.5 Å². The maximum atomic E-state index is 11.3. The smallest absolute Gasteiger partial charge is 0.350 e. The van der Waals surface area contributed by atoms with Crippen molar-refractivity contribution in [2.75, 3.05) is 26.0 Å². The first-order valence-corrected chi connectivity index (χ1v) is 5.40. The van der Waals surface area contributed by atoms with Crippen molar-refractivity contribution in [1.82, 2.24) is 10.3 Å². The molecule has 0 radical (unpaired) electrons. The summed E-state index contributed by atoms with van der Waals surface area (Å²) < 4.78 is 4.60. The molecule has 16 heavy (non-hydrogen) atoms. The van der Waals surface area contributed by atoms with Gasteiger partial charge in [-0.2, -0.15) is 0 Å². The Morgan fingerprint density at radius 1 is 1.50 bits per heavy atom. The predicted molar refractivity (Wildman–Crippen MR) is 60.7 cm³/mol. The molecule has 0 spiro atoms. The van der Waals surface area contributed by atoms with Gasteiger partial charge in [-0.1, -0.05) is 11.3 Å². The number of likely N-dealkylation sites (N-methyl/N-ethyl adjacent to an activating group) is 1. The first-order chi connectivity index (χ1) is 7.58. The number of aromatic nitrogens is 1. The summed E-state index contributed by atoms with van der Waals surface area (Å²) in [5.74, 6) is -0.560. The average Bonchev–Trinajstić information content (AvgIpc) is 2.66. The monoisotopic (exact) mass is 243 g/mol. The minimum absolute atomic E-state index is 0.129. The number of carbonyl (C=O) groups is 2. The molecule has 0 aliphatic rings. The van der Waals surface area contributed by atoms with Gasteiger partial charge >= 0.3 is 5.97 Å². The molecule has 7 heteroatoms. The van der Waals surface area contributed by atoms with Crippen LogP contribution in [-0.4, -0.2) is 37.6 Å². The highest BCUT2D eigenvalue weighted by atomic mass is 32.1. The largest absolute Gasteiger partial charge is 0.465 e. The van der Waals surface area contributed by atoms with Gasteiger partial charge in [0.25, 0.3) is 0 Å². The first kappa shape index (κ1) is 12.4. The second-order valence-corrected chi connectivity index (χ2v) is 3.95. The number of nitrogens with one attached hydrogen (secondary N) is 2. The molecular formula is C9H13N3O3S. The quantitative estimate of drug-likeness (QED) is 0.748. The van der Waals surface area contributed by atoms with Crippen LogP contribution in [0.5, 0.6) is 0 Å². The number of amides is 1. The Labute approximate surface area is 97.0 Å². The van der Waals surface area contributed by atoms with Crippen LogP contribution < -0.4 is 10.6 Å². The van der Waals surface area contributed by atoms with Crippen molar-refractivity contribution in [1.29, 1.82) is 0 Å². The number of ether oxygens (including phenoxy) is 1. The SMILES string of the molecule is CNC(=O)CNc1nc(C)c(C(=O)OC)s1. The van der Waals surface area contributed by atoms with E-state index in [0.29, 0.717) is 15.7 Å². The Bertz CT molecular complexity index is 403. The van der Waals surface area contributed by atoms with Gasteiger partial charge < -0.3 is 15.4 Å². The molecule has 0 fully saturated rings. The van der Waals surface area contributed by atoms with Gasteiger partial charge in [-0.15, -0.1) is 0 Å². The zero-order valence-electron chi connectivity index (χ0n) is 9.29. The summed E-state index contributed by atoms with van der Waals surface area (Å²) >= 11 is 1.17. The molecule has 0 atom stereocenters. The van der Waals surface area contributed by atoms with E-state index in [9.17, 15) is 9.59 Å². The lowest BCUT2D eigenvalue weighted by Gasteiger charge is -1.99. The van der Waals surface area contributed by atoms with E-state index in [0.717, 1.165) is 0 Å². The van der Waals surface area contributed by atoms with Crippen LogP contribution in [0.1, 0.15) is 15.4 Å². The van der Waals surface area contributed by atoms with Gasteiger partial charge in [0.15, 0.2) is 5.13 Å².